The second kappa shape index (κ2) is 3.75. The summed E-state index contributed by atoms with van der Waals surface area (Å²) in [6.07, 6.45) is 1.03. The fraction of sp³-hybridized carbons (Fsp3) is 0.375. The number of nitrogens with two attached hydrogens (primary N) is 1. The van der Waals surface area contributed by atoms with Crippen LogP contribution in [0.1, 0.15) is 17.4 Å². The van der Waals surface area contributed by atoms with Crippen LogP contribution in [0.15, 0.2) is 11.4 Å². The second-order valence-electron chi connectivity index (χ2n) is 2.92. The Labute approximate surface area is 85.5 Å². The Hall–Kier alpha value is -1.43. The van der Waals surface area contributed by atoms with Crippen molar-refractivity contribution in [3.8, 4) is 0 Å². The van der Waals surface area contributed by atoms with Crippen LogP contribution in [0.5, 0.6) is 0 Å². The summed E-state index contributed by atoms with van der Waals surface area (Å²) in [6, 6.07) is 2.13. The molecule has 5 nitrogen and oxygen atoms in total. The highest BCUT2D eigenvalue weighted by Gasteiger charge is 2.06. The van der Waals surface area contributed by atoms with Crippen molar-refractivity contribution in [1.82, 2.24) is 20.2 Å². The van der Waals surface area contributed by atoms with Crippen molar-refractivity contribution in [2.45, 2.75) is 19.9 Å². The topological polar surface area (TPSA) is 69.6 Å². The van der Waals surface area contributed by atoms with Gasteiger partial charge in [0.2, 0.25) is 5.95 Å². The summed E-state index contributed by atoms with van der Waals surface area (Å²) >= 11 is 1.71. The summed E-state index contributed by atoms with van der Waals surface area (Å²) in [5, 5.41) is 13.0. The van der Waals surface area contributed by atoms with Crippen LogP contribution in [0.25, 0.3) is 0 Å². The molecule has 0 aromatic carbocycles. The van der Waals surface area contributed by atoms with Gasteiger partial charge in [-0.05, 0) is 33.9 Å². The first-order chi connectivity index (χ1) is 6.81. The Morgan fingerprint density at radius 1 is 1.57 bits per heavy atom. The van der Waals surface area contributed by atoms with Gasteiger partial charge >= 0.3 is 0 Å². The van der Waals surface area contributed by atoms with E-state index in [4.69, 9.17) is 5.73 Å². The molecule has 0 fully saturated rings. The Kier molecular flexibility index (Phi) is 2.45. The van der Waals surface area contributed by atoms with Crippen molar-refractivity contribution >= 4 is 17.3 Å². The third-order valence-electron chi connectivity index (χ3n) is 2.07. The highest BCUT2D eigenvalue weighted by molar-refractivity contribution is 7.10. The molecule has 2 rings (SSSR count). The zero-order valence-corrected chi connectivity index (χ0v) is 8.66. The number of hydrogen-bond donors (Lipinski definition) is 1. The largest absolute Gasteiger partial charge is 0.367 e. The molecule has 0 saturated carbocycles. The van der Waals surface area contributed by atoms with Gasteiger partial charge in [-0.3, -0.25) is 0 Å². The van der Waals surface area contributed by atoms with Crippen molar-refractivity contribution in [3.63, 3.8) is 0 Å². The number of hydrogen-bond acceptors (Lipinski definition) is 5. The van der Waals surface area contributed by atoms with Crippen molar-refractivity contribution in [2.75, 3.05) is 5.73 Å². The van der Waals surface area contributed by atoms with Gasteiger partial charge in [-0.15, -0.1) is 11.3 Å². The fourth-order valence-electron chi connectivity index (χ4n) is 1.28. The molecule has 0 atom stereocenters. The lowest BCUT2D eigenvalue weighted by atomic mass is 10.2. The Bertz CT molecular complexity index is 419. The third kappa shape index (κ3) is 1.60. The highest BCUT2D eigenvalue weighted by Crippen LogP contribution is 2.18. The fourth-order valence-corrected chi connectivity index (χ4v) is 2.24. The van der Waals surface area contributed by atoms with Crippen LogP contribution in [0.2, 0.25) is 0 Å². The monoisotopic (exact) mass is 209 g/mol. The van der Waals surface area contributed by atoms with Gasteiger partial charge in [0.05, 0.1) is 6.54 Å². The predicted octanol–water partition coefficient (Wildman–Crippen LogP) is 0.927. The van der Waals surface area contributed by atoms with E-state index in [0.29, 0.717) is 12.5 Å². The lowest BCUT2D eigenvalue weighted by molar-refractivity contribution is 0.658. The number of thiophene rings is 1. The zero-order valence-electron chi connectivity index (χ0n) is 7.84. The number of anilines is 1. The number of aromatic nitrogens is 4. The number of tetrazole rings is 1. The van der Waals surface area contributed by atoms with Gasteiger partial charge in [-0.25, -0.2) is 4.68 Å². The highest BCUT2D eigenvalue weighted by atomic mass is 32.1. The Morgan fingerprint density at radius 2 is 2.43 bits per heavy atom. The first-order valence-corrected chi connectivity index (χ1v) is 5.26. The van der Waals surface area contributed by atoms with Gasteiger partial charge in [0.25, 0.3) is 0 Å². The maximum Gasteiger partial charge on any atom is 0.240 e. The molecule has 0 aliphatic rings. The molecule has 0 unspecified atom stereocenters. The van der Waals surface area contributed by atoms with Crippen molar-refractivity contribution < 1.29 is 0 Å². The van der Waals surface area contributed by atoms with Gasteiger partial charge in [0.1, 0.15) is 0 Å². The average molecular weight is 209 g/mol. The minimum absolute atomic E-state index is 0.362. The molecule has 2 aromatic rings. The smallest absolute Gasteiger partial charge is 0.240 e. The lowest BCUT2D eigenvalue weighted by Gasteiger charge is -2.01. The van der Waals surface area contributed by atoms with Crippen LogP contribution in [0.3, 0.4) is 0 Å². The first kappa shape index (κ1) is 9.14. The predicted molar refractivity (Wildman–Crippen MR) is 55.0 cm³/mol. The third-order valence-corrected chi connectivity index (χ3v) is 3.02. The summed E-state index contributed by atoms with van der Waals surface area (Å²) in [5.41, 5.74) is 6.92. The minimum atomic E-state index is 0.362. The number of nitrogens with zero attached hydrogens (tertiary/aromatic N) is 4. The number of rotatable bonds is 3. The standard InChI is InChI=1S/C8H11N5S/c1-2-6-3-4-14-7(6)5-13-8(9)10-11-12-13/h3-4H,2,5H2,1H3,(H2,9,10,12). The van der Waals surface area contributed by atoms with Gasteiger partial charge in [0, 0.05) is 4.88 Å². The first-order valence-electron chi connectivity index (χ1n) is 4.38. The van der Waals surface area contributed by atoms with E-state index < -0.39 is 0 Å². The molecule has 14 heavy (non-hydrogen) atoms. The Balaban J connectivity index is 2.22. The summed E-state index contributed by atoms with van der Waals surface area (Å²) < 4.78 is 1.60. The van der Waals surface area contributed by atoms with E-state index in [0.717, 1.165) is 6.42 Å². The van der Waals surface area contributed by atoms with E-state index in [1.807, 2.05) is 0 Å². The molecule has 0 spiro atoms. The van der Waals surface area contributed by atoms with Gasteiger partial charge in [-0.2, -0.15) is 0 Å². The number of aryl methyl sites for hydroxylation is 1. The van der Waals surface area contributed by atoms with Gasteiger partial charge in [0.15, 0.2) is 0 Å². The molecule has 0 aliphatic heterocycles. The van der Waals surface area contributed by atoms with E-state index in [1.54, 1.807) is 16.0 Å². The van der Waals surface area contributed by atoms with Crippen LogP contribution in [-0.4, -0.2) is 20.2 Å². The molecule has 0 aliphatic carbocycles. The minimum Gasteiger partial charge on any atom is -0.367 e. The summed E-state index contributed by atoms with van der Waals surface area (Å²) in [4.78, 5) is 1.27. The van der Waals surface area contributed by atoms with E-state index in [1.165, 1.54) is 10.4 Å². The molecule has 74 valence electrons. The van der Waals surface area contributed by atoms with Crippen molar-refractivity contribution in [1.29, 1.82) is 0 Å². The van der Waals surface area contributed by atoms with E-state index in [9.17, 15) is 0 Å². The number of nitrogen functional groups attached to an aromatic ring is 1. The molecular weight excluding hydrogens is 198 g/mol. The molecule has 0 saturated heterocycles. The van der Waals surface area contributed by atoms with Crippen LogP contribution in [0, 0.1) is 0 Å². The van der Waals surface area contributed by atoms with Crippen LogP contribution >= 0.6 is 11.3 Å². The maximum absolute atomic E-state index is 5.58. The van der Waals surface area contributed by atoms with Crippen LogP contribution < -0.4 is 5.73 Å². The van der Waals surface area contributed by atoms with Gasteiger partial charge < -0.3 is 5.73 Å². The van der Waals surface area contributed by atoms with Crippen LogP contribution in [-0.2, 0) is 13.0 Å². The van der Waals surface area contributed by atoms with Crippen molar-refractivity contribution in [2.24, 2.45) is 0 Å². The molecule has 2 heterocycles. The summed E-state index contributed by atoms with van der Waals surface area (Å²) in [7, 11) is 0. The Morgan fingerprint density at radius 3 is 3.07 bits per heavy atom. The molecule has 0 radical (unpaired) electrons. The molecule has 2 N–H and O–H groups in total. The average Bonchev–Trinajstić information content (AvgIpc) is 2.77. The second-order valence-corrected chi connectivity index (χ2v) is 3.92. The van der Waals surface area contributed by atoms with E-state index in [2.05, 4.69) is 33.9 Å². The SMILES string of the molecule is CCc1ccsc1Cn1nnnc1N. The maximum atomic E-state index is 5.58. The normalized spacial score (nSPS) is 10.6. The molecule has 6 heteroatoms. The summed E-state index contributed by atoms with van der Waals surface area (Å²) in [6.45, 7) is 2.80. The van der Waals surface area contributed by atoms with Gasteiger partial charge in [-0.1, -0.05) is 12.0 Å². The quantitative estimate of drug-likeness (QED) is 0.816. The van der Waals surface area contributed by atoms with E-state index in [-0.39, 0.29) is 0 Å². The zero-order chi connectivity index (χ0) is 9.97. The lowest BCUT2D eigenvalue weighted by Crippen LogP contribution is -2.06. The van der Waals surface area contributed by atoms with Crippen molar-refractivity contribution in [3.05, 3.63) is 21.9 Å². The van der Waals surface area contributed by atoms with E-state index >= 15 is 0 Å². The summed E-state index contributed by atoms with van der Waals surface area (Å²) in [5.74, 6) is 0.362. The molecule has 2 aromatic heterocycles. The molecule has 0 bridgehead atoms. The van der Waals surface area contributed by atoms with Crippen LogP contribution in [0.4, 0.5) is 5.95 Å². The molecule has 0 amide bonds. The molecular formula is C8H11N5S.